The fourth-order valence-corrected chi connectivity index (χ4v) is 7.18. The van der Waals surface area contributed by atoms with Crippen molar-refractivity contribution in [2.24, 2.45) is 5.92 Å². The summed E-state index contributed by atoms with van der Waals surface area (Å²) in [7, 11) is -4.92. The Morgan fingerprint density at radius 2 is 1.70 bits per heavy atom. The number of nitrogens with one attached hydrogen (secondary N) is 1. The summed E-state index contributed by atoms with van der Waals surface area (Å²) in [4.78, 5) is 15.1. The van der Waals surface area contributed by atoms with E-state index in [2.05, 4.69) is 4.72 Å². The number of ether oxygens (including phenoxy) is 2. The Balaban J connectivity index is 1.67. The first-order chi connectivity index (χ1) is 20.7. The molecule has 3 atom stereocenters. The highest BCUT2D eigenvalue weighted by Crippen LogP contribution is 2.31. The average molecular weight is 666 g/mol. The predicted molar refractivity (Wildman–Crippen MR) is 167 cm³/mol. The molecule has 3 aromatic carbocycles. The maximum atomic E-state index is 13.5. The van der Waals surface area contributed by atoms with E-state index in [1.165, 1.54) is 67.0 Å². The molecule has 3 aromatic rings. The van der Waals surface area contributed by atoms with Gasteiger partial charge in [-0.25, -0.2) is 16.8 Å². The number of nitrogens with zero attached hydrogens (tertiary/aromatic N) is 2. The SMILES string of the molecule is COc1ccc(S(=O)(=O)N(C)C[C@H]2Oc3ccc(NS(=O)(=O)c4ccc(Cl)cc4)cc3CC(=O)N([C@@H](C)CO)C[C@@H]2C)cc1. The molecule has 44 heavy (non-hydrogen) atoms. The molecule has 0 aliphatic carbocycles. The molecule has 1 aliphatic heterocycles. The van der Waals surface area contributed by atoms with Crippen molar-refractivity contribution in [1.82, 2.24) is 9.21 Å². The second-order valence-corrected chi connectivity index (χ2v) is 14.9. The number of carbonyl (C=O) groups excluding carboxylic acids is 1. The maximum absolute atomic E-state index is 13.5. The maximum Gasteiger partial charge on any atom is 0.261 e. The number of aliphatic hydroxyl groups excluding tert-OH is 1. The number of amides is 1. The number of benzene rings is 3. The van der Waals surface area contributed by atoms with E-state index < -0.39 is 32.2 Å². The third kappa shape index (κ3) is 7.64. The zero-order valence-corrected chi connectivity index (χ0v) is 27.2. The Morgan fingerprint density at radius 1 is 1.07 bits per heavy atom. The number of carbonyl (C=O) groups is 1. The Bertz CT molecular complexity index is 1680. The molecule has 0 spiro atoms. The molecule has 11 nitrogen and oxygen atoms in total. The van der Waals surface area contributed by atoms with Crippen molar-refractivity contribution in [2.75, 3.05) is 38.6 Å². The summed E-state index contributed by atoms with van der Waals surface area (Å²) in [5.41, 5.74) is 0.612. The zero-order chi connectivity index (χ0) is 32.2. The summed E-state index contributed by atoms with van der Waals surface area (Å²) >= 11 is 5.90. The van der Waals surface area contributed by atoms with Crippen LogP contribution in [-0.2, 0) is 31.3 Å². The van der Waals surface area contributed by atoms with Crippen molar-refractivity contribution >= 4 is 43.2 Å². The number of methoxy groups -OCH3 is 1. The minimum Gasteiger partial charge on any atom is -0.497 e. The van der Waals surface area contributed by atoms with E-state index in [1.807, 2.05) is 6.92 Å². The number of hydrogen-bond donors (Lipinski definition) is 2. The van der Waals surface area contributed by atoms with Crippen LogP contribution >= 0.6 is 11.6 Å². The summed E-state index contributed by atoms with van der Waals surface area (Å²) in [6.07, 6.45) is -0.835. The van der Waals surface area contributed by atoms with Crippen LogP contribution < -0.4 is 14.2 Å². The fraction of sp³-hybridized carbons (Fsp3) is 0.367. The van der Waals surface area contributed by atoms with Gasteiger partial charge in [0.1, 0.15) is 17.6 Å². The van der Waals surface area contributed by atoms with Crippen molar-refractivity contribution in [3.63, 3.8) is 0 Å². The number of anilines is 1. The summed E-state index contributed by atoms with van der Waals surface area (Å²) in [6, 6.07) is 15.8. The Morgan fingerprint density at radius 3 is 2.32 bits per heavy atom. The van der Waals surface area contributed by atoms with Crippen LogP contribution in [0, 0.1) is 5.92 Å². The van der Waals surface area contributed by atoms with Crippen LogP contribution in [0.25, 0.3) is 0 Å². The van der Waals surface area contributed by atoms with Crippen molar-refractivity contribution in [3.05, 3.63) is 77.3 Å². The number of aliphatic hydroxyl groups is 1. The van der Waals surface area contributed by atoms with Crippen LogP contribution in [0.4, 0.5) is 5.69 Å². The first-order valence-electron chi connectivity index (χ1n) is 13.8. The highest BCUT2D eigenvalue weighted by atomic mass is 35.5. The van der Waals surface area contributed by atoms with Crippen molar-refractivity contribution in [3.8, 4) is 11.5 Å². The molecular weight excluding hydrogens is 630 g/mol. The molecule has 0 aromatic heterocycles. The Hall–Kier alpha value is -3.36. The normalized spacial score (nSPS) is 18.4. The van der Waals surface area contributed by atoms with Gasteiger partial charge < -0.3 is 19.5 Å². The van der Waals surface area contributed by atoms with Gasteiger partial charge in [0.2, 0.25) is 15.9 Å². The summed E-state index contributed by atoms with van der Waals surface area (Å²) in [5.74, 6) is 0.198. The van der Waals surface area contributed by atoms with Crippen LogP contribution in [0.15, 0.2) is 76.5 Å². The van der Waals surface area contributed by atoms with Gasteiger partial charge in [0.15, 0.2) is 0 Å². The van der Waals surface area contributed by atoms with Crippen molar-refractivity contribution < 1.29 is 36.2 Å². The van der Waals surface area contributed by atoms with Gasteiger partial charge in [0, 0.05) is 35.8 Å². The lowest BCUT2D eigenvalue weighted by atomic mass is 10.0. The number of hydrogen-bond acceptors (Lipinski definition) is 8. The van der Waals surface area contributed by atoms with Crippen molar-refractivity contribution in [2.45, 2.75) is 42.2 Å². The summed E-state index contributed by atoms with van der Waals surface area (Å²) in [6.45, 7) is 3.45. The average Bonchev–Trinajstić information content (AvgIpc) is 3.04. The first kappa shape index (κ1) is 33.5. The zero-order valence-electron chi connectivity index (χ0n) is 24.8. The molecule has 238 valence electrons. The van der Waals surface area contributed by atoms with Crippen LogP contribution in [0.5, 0.6) is 11.5 Å². The number of halogens is 1. The molecule has 0 saturated carbocycles. The Kier molecular flexibility index (Phi) is 10.5. The molecule has 14 heteroatoms. The second kappa shape index (κ2) is 13.7. The van der Waals surface area contributed by atoms with Gasteiger partial charge in [-0.1, -0.05) is 18.5 Å². The number of rotatable bonds is 10. The van der Waals surface area contributed by atoms with Gasteiger partial charge in [-0.15, -0.1) is 0 Å². The van der Waals surface area contributed by atoms with Crippen LogP contribution in [-0.4, -0.2) is 83.1 Å². The molecule has 4 rings (SSSR count). The van der Waals surface area contributed by atoms with E-state index >= 15 is 0 Å². The molecule has 0 fully saturated rings. The molecule has 0 saturated heterocycles. The quantitative estimate of drug-likeness (QED) is 0.335. The molecule has 0 radical (unpaired) electrons. The standard InChI is InChI=1S/C30H36ClN3O8S2/c1-20-17-34(21(2)19-35)30(36)16-22-15-24(32-43(37,38)26-10-5-23(31)6-11-26)7-14-28(22)42-29(20)18-33(3)44(39,40)27-12-8-25(41-4)9-13-27/h5-15,20-21,29,32,35H,16-19H2,1-4H3/t20-,21-,29+/m0/s1. The van der Waals surface area contributed by atoms with E-state index in [4.69, 9.17) is 21.1 Å². The largest absolute Gasteiger partial charge is 0.497 e. The Labute approximate surface area is 263 Å². The van der Waals surface area contributed by atoms with Gasteiger partial charge in [-0.05, 0) is 73.7 Å². The third-order valence-electron chi connectivity index (χ3n) is 7.50. The lowest BCUT2D eigenvalue weighted by Gasteiger charge is -2.33. The van der Waals surface area contributed by atoms with Gasteiger partial charge >= 0.3 is 0 Å². The van der Waals surface area contributed by atoms with Gasteiger partial charge in [0.05, 0.1) is 42.5 Å². The number of likely N-dealkylation sites (N-methyl/N-ethyl adjacent to an activating group) is 1. The molecule has 0 bridgehead atoms. The molecular formula is C30H36ClN3O8S2. The minimum absolute atomic E-state index is 0.00992. The summed E-state index contributed by atoms with van der Waals surface area (Å²) in [5, 5.41) is 10.3. The fourth-order valence-electron chi connectivity index (χ4n) is 4.82. The van der Waals surface area contributed by atoms with E-state index in [9.17, 15) is 26.7 Å². The van der Waals surface area contributed by atoms with E-state index in [0.29, 0.717) is 22.1 Å². The van der Waals surface area contributed by atoms with E-state index in [-0.39, 0.29) is 53.4 Å². The van der Waals surface area contributed by atoms with Crippen LogP contribution in [0.2, 0.25) is 5.02 Å². The monoisotopic (exact) mass is 665 g/mol. The predicted octanol–water partition coefficient (Wildman–Crippen LogP) is 3.62. The van der Waals surface area contributed by atoms with Gasteiger partial charge in [-0.3, -0.25) is 9.52 Å². The molecule has 0 unspecified atom stereocenters. The molecule has 1 aliphatic rings. The van der Waals surface area contributed by atoms with Crippen LogP contribution in [0.1, 0.15) is 19.4 Å². The lowest BCUT2D eigenvalue weighted by molar-refractivity contribution is -0.134. The smallest absolute Gasteiger partial charge is 0.261 e. The lowest BCUT2D eigenvalue weighted by Crippen LogP contribution is -2.48. The molecule has 2 N–H and O–H groups in total. The van der Waals surface area contributed by atoms with E-state index in [1.54, 1.807) is 30.0 Å². The van der Waals surface area contributed by atoms with E-state index in [0.717, 1.165) is 0 Å². The minimum atomic E-state index is -3.96. The first-order valence-corrected chi connectivity index (χ1v) is 17.1. The highest BCUT2D eigenvalue weighted by molar-refractivity contribution is 7.92. The molecule has 1 heterocycles. The summed E-state index contributed by atoms with van der Waals surface area (Å²) < 4.78 is 68.1. The van der Waals surface area contributed by atoms with Gasteiger partial charge in [0.25, 0.3) is 10.0 Å². The van der Waals surface area contributed by atoms with Gasteiger partial charge in [-0.2, -0.15) is 4.31 Å². The highest BCUT2D eigenvalue weighted by Gasteiger charge is 2.33. The van der Waals surface area contributed by atoms with Crippen LogP contribution in [0.3, 0.4) is 0 Å². The van der Waals surface area contributed by atoms with Crippen molar-refractivity contribution in [1.29, 1.82) is 0 Å². The number of sulfonamides is 2. The topological polar surface area (TPSA) is 143 Å². The number of fused-ring (bicyclic) bond motifs is 1. The third-order valence-corrected chi connectivity index (χ3v) is 11.0. The second-order valence-electron chi connectivity index (χ2n) is 10.7. The molecule has 1 amide bonds.